The molecule has 0 aliphatic heterocycles. The molecular formula is C28H33N5O2. The lowest BCUT2D eigenvalue weighted by Crippen LogP contribution is -2.42. The Morgan fingerprint density at radius 3 is 2.34 bits per heavy atom. The number of nitrogens with zero attached hydrogens (tertiary/aromatic N) is 4. The predicted octanol–water partition coefficient (Wildman–Crippen LogP) is 4.65. The number of hydrogen-bond donors (Lipinski definition) is 1. The van der Waals surface area contributed by atoms with E-state index in [4.69, 9.17) is 17.3 Å². The minimum absolute atomic E-state index is 0.00514. The highest BCUT2D eigenvalue weighted by molar-refractivity contribution is 5.94. The minimum Gasteiger partial charge on any atom is -0.330 e. The number of hydrogen-bond acceptors (Lipinski definition) is 4. The van der Waals surface area contributed by atoms with E-state index in [0.29, 0.717) is 36.6 Å². The van der Waals surface area contributed by atoms with E-state index in [1.54, 1.807) is 16.4 Å². The zero-order valence-corrected chi connectivity index (χ0v) is 20.9. The van der Waals surface area contributed by atoms with Crippen LogP contribution in [0.25, 0.3) is 4.85 Å². The van der Waals surface area contributed by atoms with E-state index in [9.17, 15) is 9.59 Å². The standard InChI is InChI=1S/C28H33N5O2/c1-19(2)25(32(17-9-16-29)27(34)23-14-12-20(3)13-15-23)26-31-21(4)24(30-5)28(35)33(26)18-22-10-7-6-8-11-22/h6-8,10-15,19,25H,9,16-18,29H2,1-4H3. The van der Waals surface area contributed by atoms with Crippen molar-refractivity contribution < 1.29 is 4.79 Å². The fourth-order valence-corrected chi connectivity index (χ4v) is 4.23. The fourth-order valence-electron chi connectivity index (χ4n) is 4.23. The highest BCUT2D eigenvalue weighted by Gasteiger charge is 2.33. The highest BCUT2D eigenvalue weighted by atomic mass is 16.2. The van der Waals surface area contributed by atoms with Gasteiger partial charge in [-0.25, -0.2) is 9.83 Å². The van der Waals surface area contributed by atoms with Crippen LogP contribution in [0.3, 0.4) is 0 Å². The van der Waals surface area contributed by atoms with Gasteiger partial charge in [-0.2, -0.15) is 0 Å². The maximum Gasteiger partial charge on any atom is 0.271 e. The molecule has 3 aromatic rings. The summed E-state index contributed by atoms with van der Waals surface area (Å²) in [6.45, 7) is 16.3. The molecule has 0 spiro atoms. The number of rotatable bonds is 9. The Kier molecular flexibility index (Phi) is 8.56. The van der Waals surface area contributed by atoms with E-state index in [-0.39, 0.29) is 24.1 Å². The van der Waals surface area contributed by atoms with Crippen LogP contribution < -0.4 is 11.3 Å². The zero-order chi connectivity index (χ0) is 25.5. The number of amides is 1. The van der Waals surface area contributed by atoms with Gasteiger partial charge in [0.2, 0.25) is 0 Å². The Morgan fingerprint density at radius 2 is 1.77 bits per heavy atom. The molecule has 2 aromatic carbocycles. The van der Waals surface area contributed by atoms with Crippen LogP contribution in [0.4, 0.5) is 5.69 Å². The second-order valence-electron chi connectivity index (χ2n) is 9.09. The summed E-state index contributed by atoms with van der Waals surface area (Å²) in [6, 6.07) is 16.6. The third-order valence-corrected chi connectivity index (χ3v) is 6.04. The summed E-state index contributed by atoms with van der Waals surface area (Å²) < 4.78 is 1.55. The van der Waals surface area contributed by atoms with Crippen molar-refractivity contribution in [2.45, 2.75) is 46.7 Å². The number of carbonyl (C=O) groups excluding carboxylic acids is 1. The van der Waals surface area contributed by atoms with Gasteiger partial charge in [0.1, 0.15) is 5.82 Å². The average molecular weight is 472 g/mol. The molecule has 0 fully saturated rings. The Morgan fingerprint density at radius 1 is 1.11 bits per heavy atom. The predicted molar refractivity (Wildman–Crippen MR) is 139 cm³/mol. The van der Waals surface area contributed by atoms with Gasteiger partial charge < -0.3 is 10.6 Å². The van der Waals surface area contributed by atoms with Crippen molar-refractivity contribution in [3.63, 3.8) is 0 Å². The van der Waals surface area contributed by atoms with Crippen molar-refractivity contribution in [1.82, 2.24) is 14.5 Å². The molecule has 7 nitrogen and oxygen atoms in total. The van der Waals surface area contributed by atoms with Crippen LogP contribution in [0.1, 0.15) is 59.3 Å². The van der Waals surface area contributed by atoms with Gasteiger partial charge in [0.15, 0.2) is 0 Å². The maximum absolute atomic E-state index is 13.8. The summed E-state index contributed by atoms with van der Waals surface area (Å²) in [5, 5.41) is 0. The fraction of sp³-hybridized carbons (Fsp3) is 0.357. The van der Waals surface area contributed by atoms with Crippen LogP contribution in [0.5, 0.6) is 0 Å². The summed E-state index contributed by atoms with van der Waals surface area (Å²) in [5.74, 6) is 0.301. The van der Waals surface area contributed by atoms with E-state index in [1.165, 1.54) is 0 Å². The first-order valence-corrected chi connectivity index (χ1v) is 11.9. The first-order valence-electron chi connectivity index (χ1n) is 11.9. The van der Waals surface area contributed by atoms with Gasteiger partial charge >= 0.3 is 0 Å². The first-order chi connectivity index (χ1) is 16.8. The molecule has 1 heterocycles. The smallest absolute Gasteiger partial charge is 0.271 e. The van der Waals surface area contributed by atoms with Crippen molar-refractivity contribution in [1.29, 1.82) is 0 Å². The summed E-state index contributed by atoms with van der Waals surface area (Å²) in [5.41, 5.74) is 8.37. The van der Waals surface area contributed by atoms with Gasteiger partial charge in [-0.1, -0.05) is 61.9 Å². The largest absolute Gasteiger partial charge is 0.330 e. The third kappa shape index (κ3) is 5.84. The first kappa shape index (κ1) is 25.9. The Hall–Kier alpha value is -3.76. The molecular weight excluding hydrogens is 438 g/mol. The second-order valence-corrected chi connectivity index (χ2v) is 9.09. The van der Waals surface area contributed by atoms with Crippen LogP contribution in [-0.2, 0) is 6.54 Å². The lowest BCUT2D eigenvalue weighted by Gasteiger charge is -2.35. The molecule has 2 N–H and O–H groups in total. The topological polar surface area (TPSA) is 85.6 Å². The third-order valence-electron chi connectivity index (χ3n) is 6.04. The molecule has 0 saturated heterocycles. The molecule has 35 heavy (non-hydrogen) atoms. The van der Waals surface area contributed by atoms with Gasteiger partial charge in [0, 0.05) is 12.1 Å². The molecule has 3 rings (SSSR count). The zero-order valence-electron chi connectivity index (χ0n) is 20.9. The molecule has 7 heteroatoms. The molecule has 0 aliphatic rings. The Balaban J connectivity index is 2.21. The van der Waals surface area contributed by atoms with Gasteiger partial charge in [-0.3, -0.25) is 14.2 Å². The minimum atomic E-state index is -0.481. The quantitative estimate of drug-likeness (QED) is 0.461. The molecule has 0 radical (unpaired) electrons. The number of aryl methyl sites for hydroxylation is 2. The van der Waals surface area contributed by atoms with E-state index in [0.717, 1.165) is 11.1 Å². The Bertz CT molecular complexity index is 1260. The van der Waals surface area contributed by atoms with Crippen LogP contribution in [0.2, 0.25) is 0 Å². The van der Waals surface area contributed by atoms with E-state index >= 15 is 0 Å². The summed E-state index contributed by atoms with van der Waals surface area (Å²) in [6.07, 6.45) is 0.614. The monoisotopic (exact) mass is 471 g/mol. The number of carbonyl (C=O) groups is 1. The molecule has 0 bridgehead atoms. The van der Waals surface area contributed by atoms with Gasteiger partial charge in [-0.05, 0) is 50.4 Å². The average Bonchev–Trinajstić information content (AvgIpc) is 2.84. The Labute approximate surface area is 207 Å². The summed E-state index contributed by atoms with van der Waals surface area (Å²) >= 11 is 0. The second kappa shape index (κ2) is 11.6. The molecule has 1 aromatic heterocycles. The molecule has 1 atom stereocenters. The van der Waals surface area contributed by atoms with Crippen molar-refractivity contribution in [2.75, 3.05) is 13.1 Å². The summed E-state index contributed by atoms with van der Waals surface area (Å²) in [4.78, 5) is 37.2. The SMILES string of the molecule is [C-]#[N+]c1c(C)nc(C(C(C)C)N(CCCN)C(=O)c2ccc(C)cc2)n(Cc2ccccc2)c1=O. The van der Waals surface area contributed by atoms with Gasteiger partial charge in [0.25, 0.3) is 17.2 Å². The van der Waals surface area contributed by atoms with E-state index in [1.807, 2.05) is 75.4 Å². The molecule has 0 saturated carbocycles. The molecule has 1 amide bonds. The van der Waals surface area contributed by atoms with Crippen LogP contribution in [0, 0.1) is 26.3 Å². The van der Waals surface area contributed by atoms with E-state index in [2.05, 4.69) is 4.85 Å². The van der Waals surface area contributed by atoms with Crippen molar-refractivity contribution in [2.24, 2.45) is 11.7 Å². The summed E-state index contributed by atoms with van der Waals surface area (Å²) in [7, 11) is 0. The lowest BCUT2D eigenvalue weighted by atomic mass is 9.98. The van der Waals surface area contributed by atoms with Crippen molar-refractivity contribution in [3.05, 3.63) is 105 Å². The normalized spacial score (nSPS) is 11.8. The highest BCUT2D eigenvalue weighted by Crippen LogP contribution is 2.30. The van der Waals surface area contributed by atoms with Crippen molar-refractivity contribution in [3.8, 4) is 0 Å². The molecule has 182 valence electrons. The number of benzene rings is 2. The van der Waals surface area contributed by atoms with Crippen LogP contribution >= 0.6 is 0 Å². The van der Waals surface area contributed by atoms with Gasteiger partial charge in [0.05, 0.1) is 24.9 Å². The lowest BCUT2D eigenvalue weighted by molar-refractivity contribution is 0.0602. The maximum atomic E-state index is 13.8. The van der Waals surface area contributed by atoms with Crippen LogP contribution in [0.15, 0.2) is 59.4 Å². The number of nitrogens with two attached hydrogens (primary N) is 1. The van der Waals surface area contributed by atoms with E-state index < -0.39 is 11.6 Å². The van der Waals surface area contributed by atoms with Crippen LogP contribution in [-0.4, -0.2) is 33.4 Å². The molecule has 0 aliphatic carbocycles. The van der Waals surface area contributed by atoms with Gasteiger partial charge in [-0.15, -0.1) is 0 Å². The molecule has 1 unspecified atom stereocenters. The number of aromatic nitrogens is 2. The van der Waals surface area contributed by atoms with Crippen molar-refractivity contribution >= 4 is 11.6 Å².